The van der Waals surface area contributed by atoms with E-state index in [0.717, 1.165) is 6.42 Å². The second-order valence-corrected chi connectivity index (χ2v) is 3.80. The zero-order valence-corrected chi connectivity index (χ0v) is 9.31. The van der Waals surface area contributed by atoms with Gasteiger partial charge in [-0.25, -0.2) is 4.98 Å². The maximum Gasteiger partial charge on any atom is 0.225 e. The summed E-state index contributed by atoms with van der Waals surface area (Å²) in [6, 6.07) is 3.08. The van der Waals surface area contributed by atoms with Gasteiger partial charge in [-0.1, -0.05) is 6.92 Å². The van der Waals surface area contributed by atoms with E-state index in [1.807, 2.05) is 6.92 Å². The Balaban J connectivity index is 2.43. The minimum Gasteiger partial charge on any atom is -0.504 e. The summed E-state index contributed by atoms with van der Waals surface area (Å²) >= 11 is 0. The van der Waals surface area contributed by atoms with Crippen LogP contribution in [0.4, 0.5) is 5.82 Å². The highest BCUT2D eigenvalue weighted by molar-refractivity contribution is 5.90. The lowest BCUT2D eigenvalue weighted by atomic mass is 10.1. The average Bonchev–Trinajstić information content (AvgIpc) is 2.29. The van der Waals surface area contributed by atoms with Crippen LogP contribution in [0, 0.1) is 5.92 Å². The van der Waals surface area contributed by atoms with E-state index in [9.17, 15) is 9.90 Å². The van der Waals surface area contributed by atoms with Crippen molar-refractivity contribution < 1.29 is 9.90 Å². The first kappa shape index (κ1) is 12.4. The van der Waals surface area contributed by atoms with E-state index in [0.29, 0.717) is 18.9 Å². The van der Waals surface area contributed by atoms with E-state index in [2.05, 4.69) is 10.3 Å². The van der Waals surface area contributed by atoms with Gasteiger partial charge in [0.15, 0.2) is 11.6 Å². The summed E-state index contributed by atoms with van der Waals surface area (Å²) in [6.45, 7) is 2.56. The summed E-state index contributed by atoms with van der Waals surface area (Å²) in [5.74, 6) is 0.341. The molecule has 16 heavy (non-hydrogen) atoms. The number of hydrogen-bond acceptors (Lipinski definition) is 4. The number of nitrogens with one attached hydrogen (secondary N) is 1. The molecule has 0 radical (unpaired) electrons. The van der Waals surface area contributed by atoms with Gasteiger partial charge in [0.05, 0.1) is 0 Å². The maximum atomic E-state index is 11.5. The van der Waals surface area contributed by atoms with Crippen LogP contribution in [0.5, 0.6) is 5.75 Å². The highest BCUT2D eigenvalue weighted by atomic mass is 16.3. The molecule has 0 aromatic carbocycles. The van der Waals surface area contributed by atoms with Crippen LogP contribution >= 0.6 is 0 Å². The number of carbonyl (C=O) groups is 1. The van der Waals surface area contributed by atoms with E-state index >= 15 is 0 Å². The fourth-order valence-electron chi connectivity index (χ4n) is 1.18. The molecule has 88 valence electrons. The summed E-state index contributed by atoms with van der Waals surface area (Å²) in [4.78, 5) is 15.3. The minimum atomic E-state index is -0.158. The Kier molecular flexibility index (Phi) is 4.72. The molecule has 0 bridgehead atoms. The fourth-order valence-corrected chi connectivity index (χ4v) is 1.18. The summed E-state index contributed by atoms with van der Waals surface area (Å²) in [6.07, 6.45) is 2.63. The highest BCUT2D eigenvalue weighted by Crippen LogP contribution is 2.18. The molecule has 0 fully saturated rings. The number of rotatable bonds is 5. The van der Waals surface area contributed by atoms with Crippen LogP contribution in [-0.2, 0) is 4.79 Å². The Bertz CT molecular complexity index is 355. The lowest BCUT2D eigenvalue weighted by Gasteiger charge is -2.08. The minimum absolute atomic E-state index is 0.0253. The Hall–Kier alpha value is -1.62. The molecule has 5 nitrogen and oxygen atoms in total. The number of anilines is 1. The molecule has 1 rings (SSSR count). The number of hydrogen-bond donors (Lipinski definition) is 3. The zero-order chi connectivity index (χ0) is 12.0. The van der Waals surface area contributed by atoms with Crippen LogP contribution in [0.15, 0.2) is 18.3 Å². The van der Waals surface area contributed by atoms with Gasteiger partial charge in [-0.3, -0.25) is 4.79 Å². The largest absolute Gasteiger partial charge is 0.504 e. The topological polar surface area (TPSA) is 88.2 Å². The molecule has 1 heterocycles. The Morgan fingerprint density at radius 1 is 1.69 bits per heavy atom. The molecule has 0 aliphatic carbocycles. The zero-order valence-electron chi connectivity index (χ0n) is 9.31. The summed E-state index contributed by atoms with van der Waals surface area (Å²) in [5, 5.41) is 11.9. The van der Waals surface area contributed by atoms with Gasteiger partial charge in [-0.05, 0) is 31.0 Å². The van der Waals surface area contributed by atoms with E-state index < -0.39 is 0 Å². The second-order valence-electron chi connectivity index (χ2n) is 3.80. The van der Waals surface area contributed by atoms with Crippen LogP contribution in [0.25, 0.3) is 0 Å². The van der Waals surface area contributed by atoms with Gasteiger partial charge in [-0.2, -0.15) is 0 Å². The smallest absolute Gasteiger partial charge is 0.225 e. The van der Waals surface area contributed by atoms with Gasteiger partial charge in [0.25, 0.3) is 0 Å². The predicted octanol–water partition coefficient (Wildman–Crippen LogP) is 1.10. The van der Waals surface area contributed by atoms with Crippen LogP contribution < -0.4 is 11.1 Å². The quantitative estimate of drug-likeness (QED) is 0.697. The Labute approximate surface area is 94.7 Å². The van der Waals surface area contributed by atoms with E-state index in [1.54, 1.807) is 6.07 Å². The second kappa shape index (κ2) is 6.07. The Morgan fingerprint density at radius 3 is 3.06 bits per heavy atom. The molecule has 0 saturated heterocycles. The predicted molar refractivity (Wildman–Crippen MR) is 62.0 cm³/mol. The molecule has 1 aromatic rings. The average molecular weight is 223 g/mol. The molecule has 1 amide bonds. The van der Waals surface area contributed by atoms with Crippen molar-refractivity contribution in [2.75, 3.05) is 11.9 Å². The van der Waals surface area contributed by atoms with Crippen LogP contribution in [0.3, 0.4) is 0 Å². The third-order valence-electron chi connectivity index (χ3n) is 2.31. The van der Waals surface area contributed by atoms with Crippen LogP contribution in [-0.4, -0.2) is 22.5 Å². The number of carbonyl (C=O) groups excluding carboxylic acids is 1. The highest BCUT2D eigenvalue weighted by Gasteiger charge is 2.08. The maximum absolute atomic E-state index is 11.5. The molecular weight excluding hydrogens is 206 g/mol. The molecule has 4 N–H and O–H groups in total. The Morgan fingerprint density at radius 2 is 2.44 bits per heavy atom. The first-order chi connectivity index (χ1) is 7.63. The van der Waals surface area contributed by atoms with E-state index in [-0.39, 0.29) is 17.5 Å². The molecule has 1 aromatic heterocycles. The third-order valence-corrected chi connectivity index (χ3v) is 2.31. The van der Waals surface area contributed by atoms with E-state index in [1.165, 1.54) is 12.3 Å². The van der Waals surface area contributed by atoms with Gasteiger partial charge < -0.3 is 16.2 Å². The molecule has 0 saturated carbocycles. The number of aromatic nitrogens is 1. The van der Waals surface area contributed by atoms with Crippen LogP contribution in [0.1, 0.15) is 19.8 Å². The number of pyridine rings is 1. The fraction of sp³-hybridized carbons (Fsp3) is 0.455. The van der Waals surface area contributed by atoms with Gasteiger partial charge in [0, 0.05) is 12.6 Å². The summed E-state index contributed by atoms with van der Waals surface area (Å²) in [7, 11) is 0. The van der Waals surface area contributed by atoms with Crippen molar-refractivity contribution in [3.05, 3.63) is 18.3 Å². The van der Waals surface area contributed by atoms with Gasteiger partial charge in [0.1, 0.15) is 0 Å². The number of aromatic hydroxyl groups is 1. The van der Waals surface area contributed by atoms with Crippen LogP contribution in [0.2, 0.25) is 0 Å². The van der Waals surface area contributed by atoms with Crippen molar-refractivity contribution in [1.82, 2.24) is 4.98 Å². The SMILES string of the molecule is CC(CN)CCC(=O)Nc1ncccc1O. The van der Waals surface area contributed by atoms with Crippen molar-refractivity contribution in [2.45, 2.75) is 19.8 Å². The normalized spacial score (nSPS) is 12.1. The van der Waals surface area contributed by atoms with Crippen molar-refractivity contribution in [3.63, 3.8) is 0 Å². The molecule has 0 aliphatic heterocycles. The molecular formula is C11H17N3O2. The van der Waals surface area contributed by atoms with Crippen molar-refractivity contribution >= 4 is 11.7 Å². The third kappa shape index (κ3) is 3.86. The monoisotopic (exact) mass is 223 g/mol. The van der Waals surface area contributed by atoms with Gasteiger partial charge in [0.2, 0.25) is 5.91 Å². The molecule has 0 aliphatic rings. The lowest BCUT2D eigenvalue weighted by Crippen LogP contribution is -2.16. The van der Waals surface area contributed by atoms with E-state index in [4.69, 9.17) is 5.73 Å². The molecule has 0 spiro atoms. The summed E-state index contributed by atoms with van der Waals surface area (Å²) in [5.41, 5.74) is 5.45. The number of nitrogens with two attached hydrogens (primary N) is 1. The first-order valence-corrected chi connectivity index (χ1v) is 5.27. The lowest BCUT2D eigenvalue weighted by molar-refractivity contribution is -0.116. The first-order valence-electron chi connectivity index (χ1n) is 5.27. The standard InChI is InChI=1S/C11H17N3O2/c1-8(7-12)4-5-10(16)14-11-9(15)3-2-6-13-11/h2-3,6,8,15H,4-5,7,12H2,1H3,(H,13,14,16). The molecule has 1 atom stereocenters. The number of amides is 1. The van der Waals surface area contributed by atoms with Gasteiger partial charge in [-0.15, -0.1) is 0 Å². The summed E-state index contributed by atoms with van der Waals surface area (Å²) < 4.78 is 0. The molecule has 1 unspecified atom stereocenters. The van der Waals surface area contributed by atoms with Crippen molar-refractivity contribution in [1.29, 1.82) is 0 Å². The molecule has 5 heteroatoms. The number of nitrogens with zero attached hydrogens (tertiary/aromatic N) is 1. The van der Waals surface area contributed by atoms with Crippen molar-refractivity contribution in [2.24, 2.45) is 11.7 Å². The van der Waals surface area contributed by atoms with Gasteiger partial charge >= 0.3 is 0 Å². The van der Waals surface area contributed by atoms with Crippen molar-refractivity contribution in [3.8, 4) is 5.75 Å².